The van der Waals surface area contributed by atoms with Gasteiger partial charge in [-0.2, -0.15) is 0 Å². The minimum Gasteiger partial charge on any atom is -0.457 e. The smallest absolute Gasteiger partial charge is 0.135 e. The molecule has 0 saturated carbocycles. The van der Waals surface area contributed by atoms with E-state index in [1.165, 1.54) is 36.4 Å². The van der Waals surface area contributed by atoms with E-state index in [1.54, 1.807) is 12.2 Å². The first-order valence-electron chi connectivity index (χ1n) is 36.8. The maximum Gasteiger partial charge on any atom is 0.135 e. The highest BCUT2D eigenvalue weighted by atomic mass is 19.1. The zero-order chi connectivity index (χ0) is 74.9. The Bertz CT molecular complexity index is 6070. The second-order valence-electron chi connectivity index (χ2n) is 28.0. The van der Waals surface area contributed by atoms with Gasteiger partial charge in [0.15, 0.2) is 0 Å². The van der Waals surface area contributed by atoms with Crippen LogP contribution in [0.5, 0.6) is 23.0 Å². The Labute approximate surface area is 640 Å². The molecule has 2 unspecified atom stereocenters. The lowest BCUT2D eigenvalue weighted by atomic mass is 9.67. The molecule has 1 heterocycles. The van der Waals surface area contributed by atoms with Gasteiger partial charge in [0.2, 0.25) is 0 Å². The number of hydrogen-bond acceptors (Lipinski definition) is 5. The number of halogens is 4. The number of nitrogens with zero attached hydrogens (tertiary/aromatic N) is 2. The van der Waals surface area contributed by atoms with Crippen molar-refractivity contribution in [3.63, 3.8) is 0 Å². The molecule has 2 aliphatic rings. The molecule has 19 rings (SSSR count). The van der Waals surface area contributed by atoms with Crippen LogP contribution < -0.4 is 19.3 Å². The molecule has 0 bridgehead atoms. The molecule has 0 aliphatic heterocycles. The summed E-state index contributed by atoms with van der Waals surface area (Å²) in [5, 5.41) is 1.80. The lowest BCUT2D eigenvalue weighted by molar-refractivity contribution is 0.481. The van der Waals surface area contributed by atoms with Crippen molar-refractivity contribution in [2.75, 3.05) is 9.80 Å². The molecular formula is C102H66F4N2O3. The molecule has 1 aromatic heterocycles. The Hall–Kier alpha value is -14.3. The van der Waals surface area contributed by atoms with Crippen LogP contribution in [0.25, 0.3) is 78.6 Å². The normalized spacial score (nSPS) is 14.5. The summed E-state index contributed by atoms with van der Waals surface area (Å²) in [5.41, 5.74) is 17.1. The fraction of sp³-hybridized carbons (Fsp3) is 0.0196. The summed E-state index contributed by atoms with van der Waals surface area (Å²) in [4.78, 5) is 4.47. The Balaban J connectivity index is 0.695. The van der Waals surface area contributed by atoms with Crippen LogP contribution in [0.4, 0.5) is 51.7 Å². The molecule has 0 radical (unpaired) electrons. The molecule has 0 fully saturated rings. The van der Waals surface area contributed by atoms with E-state index < -0.39 is 34.1 Å². The molecular weight excluding hydrogens is 1380 g/mol. The van der Waals surface area contributed by atoms with Gasteiger partial charge in [0.05, 0.1) is 10.8 Å². The maximum atomic E-state index is 17.1. The van der Waals surface area contributed by atoms with Crippen molar-refractivity contribution in [3.8, 4) is 67.5 Å². The molecule has 17 aromatic rings. The number of rotatable bonds is 18. The summed E-state index contributed by atoms with van der Waals surface area (Å²) in [7, 11) is 0. The topological polar surface area (TPSA) is 38.1 Å². The number of anilines is 6. The fourth-order valence-electron chi connectivity index (χ4n) is 17.0. The molecule has 2 atom stereocenters. The summed E-state index contributed by atoms with van der Waals surface area (Å²) in [5.74, 6) is -0.207. The summed E-state index contributed by atoms with van der Waals surface area (Å²) in [6, 6.07) is 117. The summed E-state index contributed by atoms with van der Waals surface area (Å²) in [6.07, 6.45) is 3.55. The van der Waals surface area contributed by atoms with Crippen LogP contribution >= 0.6 is 0 Å². The van der Waals surface area contributed by atoms with Gasteiger partial charge >= 0.3 is 0 Å². The second-order valence-corrected chi connectivity index (χ2v) is 28.0. The quantitative estimate of drug-likeness (QED) is 0.0801. The monoisotopic (exact) mass is 1440 g/mol. The predicted molar refractivity (Wildman–Crippen MR) is 442 cm³/mol. The third kappa shape index (κ3) is 11.4. The maximum absolute atomic E-state index is 17.1. The highest BCUT2D eigenvalue weighted by Crippen LogP contribution is 2.60. The van der Waals surface area contributed by atoms with Gasteiger partial charge in [-0.1, -0.05) is 219 Å². The van der Waals surface area contributed by atoms with E-state index in [0.29, 0.717) is 45.3 Å². The average molecular weight is 1440 g/mol. The van der Waals surface area contributed by atoms with Crippen molar-refractivity contribution < 1.29 is 31.5 Å². The van der Waals surface area contributed by atoms with Crippen LogP contribution in [0.15, 0.2) is 382 Å². The van der Waals surface area contributed by atoms with E-state index in [2.05, 4.69) is 144 Å². The van der Waals surface area contributed by atoms with Gasteiger partial charge in [-0.15, -0.1) is 0 Å². The zero-order valence-corrected chi connectivity index (χ0v) is 59.8. The number of benzene rings is 16. The van der Waals surface area contributed by atoms with Crippen molar-refractivity contribution in [1.29, 1.82) is 0 Å². The molecule has 9 heteroatoms. The van der Waals surface area contributed by atoms with Crippen LogP contribution in [-0.4, -0.2) is 0 Å². The molecule has 0 N–H and O–H groups in total. The number of furan rings is 1. The van der Waals surface area contributed by atoms with Crippen LogP contribution in [0.1, 0.15) is 55.6 Å². The highest BCUT2D eigenvalue weighted by molar-refractivity contribution is 6.08. The number of para-hydroxylation sites is 2. The first kappa shape index (κ1) is 67.3. The Kier molecular flexibility index (Phi) is 16.7. The summed E-state index contributed by atoms with van der Waals surface area (Å²) >= 11 is 0. The fourth-order valence-corrected chi connectivity index (χ4v) is 17.0. The first-order chi connectivity index (χ1) is 54.5. The van der Waals surface area contributed by atoms with E-state index in [1.807, 2.05) is 206 Å². The molecule has 5 nitrogen and oxygen atoms in total. The first-order valence-corrected chi connectivity index (χ1v) is 36.8. The average Bonchev–Trinajstić information content (AvgIpc) is 1.55. The number of ether oxygens (including phenoxy) is 2. The second kappa shape index (κ2) is 27.5. The minimum absolute atomic E-state index is 0.0641. The SMILES string of the molecule is C=Cc1ccc(Oc2ccc(C3(c4c(F)cccc4F)c4ccccc4-c4ccc(-c5cccc(N(c6ccccc6)c6ccc7oc8ccc(N(c9ccccc9)c9cccc(-c%10ccc%11c(c%10)C(c%10ccc(Oc%12ccc(C=C)cc%12)cc%10)(c%10c(F)cccc%10F)c%10ccccc%10-%11)c9)cc8c7c6)c5)cc43)cc2)cc1. The van der Waals surface area contributed by atoms with E-state index >= 15 is 17.6 Å². The van der Waals surface area contributed by atoms with Gasteiger partial charge in [-0.3, -0.25) is 0 Å². The molecule has 0 amide bonds. The van der Waals surface area contributed by atoms with Crippen LogP contribution in [0.2, 0.25) is 0 Å². The highest BCUT2D eigenvalue weighted by Gasteiger charge is 2.51. The van der Waals surface area contributed by atoms with E-state index in [4.69, 9.17) is 13.9 Å². The predicted octanol–water partition coefficient (Wildman–Crippen LogP) is 28.0. The summed E-state index contributed by atoms with van der Waals surface area (Å²) in [6.45, 7) is 7.76. The zero-order valence-electron chi connectivity index (χ0n) is 59.8. The van der Waals surface area contributed by atoms with Crippen LogP contribution in [0, 0.1) is 23.3 Å². The van der Waals surface area contributed by atoms with Gasteiger partial charge in [-0.25, -0.2) is 17.6 Å². The number of fused-ring (bicyclic) bond motifs is 9. The van der Waals surface area contributed by atoms with Gasteiger partial charge in [-0.05, 0) is 259 Å². The molecule has 16 aromatic carbocycles. The molecule has 2 aliphatic carbocycles. The van der Waals surface area contributed by atoms with Crippen molar-refractivity contribution >= 4 is 68.2 Å². The van der Waals surface area contributed by atoms with Crippen molar-refractivity contribution in [2.24, 2.45) is 0 Å². The van der Waals surface area contributed by atoms with E-state index in [0.717, 1.165) is 123 Å². The van der Waals surface area contributed by atoms with Gasteiger partial charge < -0.3 is 23.7 Å². The van der Waals surface area contributed by atoms with Gasteiger partial charge in [0, 0.05) is 56.0 Å². The van der Waals surface area contributed by atoms with Crippen LogP contribution in [-0.2, 0) is 10.8 Å². The molecule has 0 saturated heterocycles. The van der Waals surface area contributed by atoms with Gasteiger partial charge in [0.1, 0.15) is 57.4 Å². The van der Waals surface area contributed by atoms with Gasteiger partial charge in [0.25, 0.3) is 0 Å². The minimum atomic E-state index is -1.42. The molecule has 111 heavy (non-hydrogen) atoms. The largest absolute Gasteiger partial charge is 0.457 e. The van der Waals surface area contributed by atoms with Crippen molar-refractivity contribution in [2.45, 2.75) is 10.8 Å². The Morgan fingerprint density at radius 2 is 0.595 bits per heavy atom. The van der Waals surface area contributed by atoms with E-state index in [9.17, 15) is 0 Å². The van der Waals surface area contributed by atoms with Crippen molar-refractivity contribution in [3.05, 3.63) is 456 Å². The summed E-state index contributed by atoms with van der Waals surface area (Å²) < 4.78 is 87.7. The van der Waals surface area contributed by atoms with E-state index in [-0.39, 0.29) is 11.1 Å². The van der Waals surface area contributed by atoms with Crippen molar-refractivity contribution in [1.82, 2.24) is 0 Å². The Morgan fingerprint density at radius 1 is 0.270 bits per heavy atom. The lowest BCUT2D eigenvalue weighted by Gasteiger charge is -2.34. The molecule has 530 valence electrons. The third-order valence-electron chi connectivity index (χ3n) is 21.9. The van der Waals surface area contributed by atoms with Crippen LogP contribution in [0.3, 0.4) is 0 Å². The standard InChI is InChI=1S/C102H66F4N2O3/c1-3-65-35-47-79(48-36-65)109-81-51-41-71(42-52-81)101(99-93(103)31-17-32-94(99)104)89-29-13-11-27-83(89)85-55-39-69(61-91(85)101)67-19-15-25-75(59-67)107(73-21-7-5-8-22-73)77-45-57-97-87(63-77)88-64-78(46-58-98(88)111-97)108(74-23-9-6-10-24-74)76-26-16-20-68(60-76)70-40-56-86-84-28-12-14-30-90(84)102(92(86)62-70,100-95(105)33-18-34-96(100)106)72-43-53-82(54-44-72)110-80-49-37-66(4-2)38-50-80/h3-64H,1-2H2. The lowest BCUT2D eigenvalue weighted by Crippen LogP contribution is -2.31. The number of hydrogen-bond donors (Lipinski definition) is 0. The Morgan fingerprint density at radius 3 is 0.982 bits per heavy atom. The third-order valence-corrected chi connectivity index (χ3v) is 21.9. The molecule has 0 spiro atoms.